The fourth-order valence-corrected chi connectivity index (χ4v) is 5.27. The van der Waals surface area contributed by atoms with E-state index in [2.05, 4.69) is 15.1 Å². The maximum absolute atomic E-state index is 13.4. The highest BCUT2D eigenvalue weighted by Gasteiger charge is 2.42. The van der Waals surface area contributed by atoms with Crippen LogP contribution in [0.3, 0.4) is 0 Å². The van der Waals surface area contributed by atoms with Gasteiger partial charge >= 0.3 is 6.18 Å². The van der Waals surface area contributed by atoms with Gasteiger partial charge in [0, 0.05) is 38.4 Å². The quantitative estimate of drug-likeness (QED) is 0.503. The molecule has 1 fully saturated rings. The van der Waals surface area contributed by atoms with Gasteiger partial charge in [0.05, 0.1) is 17.5 Å². The third kappa shape index (κ3) is 5.23. The van der Waals surface area contributed by atoms with Gasteiger partial charge in [0.25, 0.3) is 0 Å². The van der Waals surface area contributed by atoms with Crippen molar-refractivity contribution in [1.29, 1.82) is 0 Å². The lowest BCUT2D eigenvalue weighted by Crippen LogP contribution is -2.60. The van der Waals surface area contributed by atoms with Crippen molar-refractivity contribution < 1.29 is 22.4 Å². The lowest BCUT2D eigenvalue weighted by Gasteiger charge is -2.49. The summed E-state index contributed by atoms with van der Waals surface area (Å²) in [6, 6.07) is 19.6. The van der Waals surface area contributed by atoms with Gasteiger partial charge in [-0.25, -0.2) is 4.39 Å². The van der Waals surface area contributed by atoms with Crippen LogP contribution in [0.15, 0.2) is 72.8 Å². The van der Waals surface area contributed by atoms with Crippen molar-refractivity contribution >= 4 is 11.6 Å². The van der Waals surface area contributed by atoms with Crippen LogP contribution in [0.1, 0.15) is 22.3 Å². The van der Waals surface area contributed by atoms with Crippen molar-refractivity contribution in [3.8, 4) is 0 Å². The molecule has 36 heavy (non-hydrogen) atoms. The summed E-state index contributed by atoms with van der Waals surface area (Å²) in [4.78, 5) is 17.7. The van der Waals surface area contributed by atoms with Crippen molar-refractivity contribution in [3.05, 3.63) is 101 Å². The van der Waals surface area contributed by atoms with E-state index in [0.717, 1.165) is 22.9 Å². The van der Waals surface area contributed by atoms with Gasteiger partial charge in [0.15, 0.2) is 0 Å². The number of carbonyl (C=O) groups is 1. The fourth-order valence-electron chi connectivity index (χ4n) is 5.27. The molecule has 5 rings (SSSR count). The fraction of sp³-hybridized carbons (Fsp3) is 0.321. The minimum absolute atomic E-state index is 0.166. The van der Waals surface area contributed by atoms with Crippen LogP contribution in [0.2, 0.25) is 0 Å². The number of carbonyl (C=O) groups excluding carboxylic acids is 1. The Morgan fingerprint density at radius 1 is 0.944 bits per heavy atom. The van der Waals surface area contributed by atoms with Gasteiger partial charge in [-0.05, 0) is 53.4 Å². The molecule has 1 amide bonds. The minimum Gasteiger partial charge on any atom is -0.365 e. The van der Waals surface area contributed by atoms with Crippen LogP contribution < -0.4 is 10.2 Å². The second-order valence-electron chi connectivity index (χ2n) is 9.48. The van der Waals surface area contributed by atoms with E-state index in [9.17, 15) is 22.4 Å². The van der Waals surface area contributed by atoms with Gasteiger partial charge in [-0.1, -0.05) is 42.5 Å². The molecule has 3 aromatic carbocycles. The predicted molar refractivity (Wildman–Crippen MR) is 130 cm³/mol. The number of amides is 1. The third-order valence-corrected chi connectivity index (χ3v) is 7.09. The lowest BCUT2D eigenvalue weighted by molar-refractivity contribution is -0.137. The first-order valence-corrected chi connectivity index (χ1v) is 12.0. The Kier molecular flexibility index (Phi) is 6.71. The van der Waals surface area contributed by atoms with Crippen molar-refractivity contribution in [2.24, 2.45) is 5.92 Å². The molecule has 2 unspecified atom stereocenters. The molecular formula is C28H27F4N3O. The van der Waals surface area contributed by atoms with E-state index in [1.165, 1.54) is 18.2 Å². The van der Waals surface area contributed by atoms with Crippen molar-refractivity contribution in [1.82, 2.24) is 10.2 Å². The first-order chi connectivity index (χ1) is 17.3. The summed E-state index contributed by atoms with van der Waals surface area (Å²) in [5, 5.41) is 3.00. The minimum atomic E-state index is -4.44. The summed E-state index contributed by atoms with van der Waals surface area (Å²) in [7, 11) is 0. The van der Waals surface area contributed by atoms with Crippen LogP contribution in [0, 0.1) is 11.7 Å². The molecule has 2 aliphatic heterocycles. The Morgan fingerprint density at radius 2 is 1.69 bits per heavy atom. The van der Waals surface area contributed by atoms with E-state index in [1.54, 1.807) is 18.2 Å². The van der Waals surface area contributed by atoms with E-state index in [0.29, 0.717) is 38.3 Å². The molecule has 0 aromatic heterocycles. The van der Waals surface area contributed by atoms with Crippen LogP contribution in [0.25, 0.3) is 0 Å². The number of halogens is 4. The molecule has 8 heteroatoms. The first kappa shape index (κ1) is 24.3. The van der Waals surface area contributed by atoms with Crippen LogP contribution in [0.5, 0.6) is 0 Å². The highest BCUT2D eigenvalue weighted by atomic mass is 19.4. The van der Waals surface area contributed by atoms with Gasteiger partial charge in [0.2, 0.25) is 5.91 Å². The molecule has 1 N–H and O–H groups in total. The van der Waals surface area contributed by atoms with Crippen molar-refractivity contribution in [2.45, 2.75) is 31.7 Å². The molecule has 0 saturated carbocycles. The Hall–Kier alpha value is -3.39. The molecular weight excluding hydrogens is 470 g/mol. The van der Waals surface area contributed by atoms with Gasteiger partial charge in [-0.2, -0.15) is 13.2 Å². The second-order valence-corrected chi connectivity index (χ2v) is 9.48. The van der Waals surface area contributed by atoms with Gasteiger partial charge < -0.3 is 10.2 Å². The Balaban J connectivity index is 1.40. The van der Waals surface area contributed by atoms with Crippen molar-refractivity contribution in [2.75, 3.05) is 24.5 Å². The molecule has 188 valence electrons. The van der Waals surface area contributed by atoms with E-state index in [4.69, 9.17) is 0 Å². The summed E-state index contributed by atoms with van der Waals surface area (Å²) in [6.45, 7) is 2.83. The molecule has 0 bridgehead atoms. The maximum atomic E-state index is 13.4. The number of hydrogen-bond donors (Lipinski definition) is 1. The van der Waals surface area contributed by atoms with Crippen molar-refractivity contribution in [3.63, 3.8) is 0 Å². The average molecular weight is 498 g/mol. The highest BCUT2D eigenvalue weighted by molar-refractivity contribution is 5.82. The van der Waals surface area contributed by atoms with Crippen LogP contribution in [-0.2, 0) is 30.5 Å². The Morgan fingerprint density at radius 3 is 2.42 bits per heavy atom. The Labute approximate surface area is 207 Å². The number of rotatable bonds is 5. The molecule has 2 aliphatic rings. The lowest BCUT2D eigenvalue weighted by atomic mass is 9.82. The van der Waals surface area contributed by atoms with Crippen LogP contribution in [-0.4, -0.2) is 36.5 Å². The first-order valence-electron chi connectivity index (χ1n) is 12.0. The molecule has 2 heterocycles. The number of nitrogens with zero attached hydrogens (tertiary/aromatic N) is 2. The van der Waals surface area contributed by atoms with Gasteiger partial charge in [-0.3, -0.25) is 9.69 Å². The van der Waals surface area contributed by atoms with E-state index in [-0.39, 0.29) is 24.2 Å². The van der Waals surface area contributed by atoms with Crippen LogP contribution >= 0.6 is 0 Å². The maximum Gasteiger partial charge on any atom is 0.416 e. The molecule has 4 nitrogen and oxygen atoms in total. The number of benzene rings is 3. The molecule has 0 aliphatic carbocycles. The molecule has 0 spiro atoms. The zero-order valence-corrected chi connectivity index (χ0v) is 19.6. The molecule has 0 radical (unpaired) electrons. The molecule has 3 aromatic rings. The molecule has 1 saturated heterocycles. The smallest absolute Gasteiger partial charge is 0.365 e. The zero-order valence-electron chi connectivity index (χ0n) is 19.6. The number of nitrogens with one attached hydrogen (secondary N) is 1. The summed E-state index contributed by atoms with van der Waals surface area (Å²) in [5.41, 5.74) is 2.55. The molecule has 2 atom stereocenters. The van der Waals surface area contributed by atoms with Crippen LogP contribution in [0.4, 0.5) is 23.2 Å². The van der Waals surface area contributed by atoms with E-state index in [1.807, 2.05) is 30.3 Å². The highest BCUT2D eigenvalue weighted by Crippen LogP contribution is 2.40. The summed E-state index contributed by atoms with van der Waals surface area (Å²) in [5.74, 6) is -0.956. The number of fused-ring (bicyclic) bond motifs is 3. The number of hydrogen-bond acceptors (Lipinski definition) is 3. The largest absolute Gasteiger partial charge is 0.416 e. The number of anilines is 1. The monoisotopic (exact) mass is 497 g/mol. The topological polar surface area (TPSA) is 35.6 Å². The normalized spacial score (nSPS) is 19.9. The van der Waals surface area contributed by atoms with Gasteiger partial charge in [-0.15, -0.1) is 0 Å². The number of piperazine rings is 1. The predicted octanol–water partition coefficient (Wildman–Crippen LogP) is 5.02. The summed E-state index contributed by atoms with van der Waals surface area (Å²) < 4.78 is 53.6. The second kappa shape index (κ2) is 9.93. The average Bonchev–Trinajstić information content (AvgIpc) is 2.88. The van der Waals surface area contributed by atoms with E-state index < -0.39 is 17.7 Å². The Bertz CT molecular complexity index is 1210. The standard InChI is InChI=1S/C28H27F4N3O/c29-23-9-6-20(7-10-23)17-34-12-13-35-25-11-8-22(28(30,31)32)14-21(25)15-24(26(35)18-34)27(36)33-16-19-4-2-1-3-5-19/h1-11,14,24,26H,12-13,15-18H2,(H,33,36). The summed E-state index contributed by atoms with van der Waals surface area (Å²) in [6.07, 6.45) is -4.20. The SMILES string of the molecule is O=C(NCc1ccccc1)C1Cc2cc(C(F)(F)F)ccc2N2CCN(Cc3ccc(F)cc3)CC12. The van der Waals surface area contributed by atoms with Gasteiger partial charge in [0.1, 0.15) is 5.82 Å². The number of alkyl halides is 3. The summed E-state index contributed by atoms with van der Waals surface area (Å²) >= 11 is 0. The van der Waals surface area contributed by atoms with E-state index >= 15 is 0 Å². The third-order valence-electron chi connectivity index (χ3n) is 7.09. The zero-order chi connectivity index (χ0) is 25.3.